The largest absolute Gasteiger partial charge is 0.248 e. The fourth-order valence-electron chi connectivity index (χ4n) is 4.39. The maximum absolute atomic E-state index is 4.98. The van der Waals surface area contributed by atoms with Crippen LogP contribution >= 0.6 is 0 Å². The Morgan fingerprint density at radius 1 is 0.429 bits per heavy atom. The number of hydrogen-bond donors (Lipinski definition) is 0. The summed E-state index contributed by atoms with van der Waals surface area (Å²) in [5, 5.41) is 8.89. The molecule has 6 rings (SSSR count). The van der Waals surface area contributed by atoms with E-state index >= 15 is 0 Å². The standard InChI is InChI=1S/C27H17N/c1-6-15-25-18(8-1)16-17-26(28-25)24-14-7-13-23-21-10-3-2-9-19(21)20-11-4-5-12-22(20)27(23)24/h1-17H. The van der Waals surface area contributed by atoms with Crippen molar-refractivity contribution >= 4 is 43.2 Å². The average Bonchev–Trinajstić information content (AvgIpc) is 2.78. The summed E-state index contributed by atoms with van der Waals surface area (Å²) in [5.74, 6) is 0. The van der Waals surface area contributed by atoms with Gasteiger partial charge in [-0.3, -0.25) is 0 Å². The van der Waals surface area contributed by atoms with E-state index in [9.17, 15) is 0 Å². The van der Waals surface area contributed by atoms with Gasteiger partial charge in [0.1, 0.15) is 0 Å². The molecule has 0 radical (unpaired) electrons. The second-order valence-corrected chi connectivity index (χ2v) is 7.21. The number of hydrogen-bond acceptors (Lipinski definition) is 1. The molecule has 1 nitrogen and oxygen atoms in total. The summed E-state index contributed by atoms with van der Waals surface area (Å²) in [5.41, 5.74) is 3.23. The van der Waals surface area contributed by atoms with Crippen LogP contribution in [0.15, 0.2) is 103 Å². The number of aromatic nitrogens is 1. The second-order valence-electron chi connectivity index (χ2n) is 7.21. The summed E-state index contributed by atoms with van der Waals surface area (Å²) in [6.45, 7) is 0. The Morgan fingerprint density at radius 2 is 1.00 bits per heavy atom. The molecular weight excluding hydrogens is 338 g/mol. The summed E-state index contributed by atoms with van der Waals surface area (Å²) < 4.78 is 0. The van der Waals surface area contributed by atoms with Crippen molar-refractivity contribution in [3.05, 3.63) is 103 Å². The number of benzene rings is 5. The van der Waals surface area contributed by atoms with Crippen LogP contribution in [-0.4, -0.2) is 4.98 Å². The Balaban J connectivity index is 1.81. The summed E-state index contributed by atoms with van der Waals surface area (Å²) >= 11 is 0. The highest BCUT2D eigenvalue weighted by Gasteiger charge is 2.13. The number of pyridine rings is 1. The molecule has 5 aromatic carbocycles. The van der Waals surface area contributed by atoms with Crippen molar-refractivity contribution in [1.29, 1.82) is 0 Å². The maximum Gasteiger partial charge on any atom is 0.0716 e. The number of para-hydroxylation sites is 1. The first-order valence-corrected chi connectivity index (χ1v) is 9.58. The highest BCUT2D eigenvalue weighted by Crippen LogP contribution is 2.39. The topological polar surface area (TPSA) is 12.9 Å². The fourth-order valence-corrected chi connectivity index (χ4v) is 4.39. The molecule has 0 saturated heterocycles. The van der Waals surface area contributed by atoms with E-state index in [4.69, 9.17) is 4.98 Å². The van der Waals surface area contributed by atoms with Gasteiger partial charge in [-0.25, -0.2) is 4.98 Å². The van der Waals surface area contributed by atoms with Crippen molar-refractivity contribution in [2.45, 2.75) is 0 Å². The lowest BCUT2D eigenvalue weighted by Gasteiger charge is -2.14. The molecule has 130 valence electrons. The Hall–Kier alpha value is -3.71. The first kappa shape index (κ1) is 15.4. The van der Waals surface area contributed by atoms with Gasteiger partial charge in [0.25, 0.3) is 0 Å². The quantitative estimate of drug-likeness (QED) is 0.281. The molecule has 0 aliphatic heterocycles. The van der Waals surface area contributed by atoms with Crippen LogP contribution in [-0.2, 0) is 0 Å². The molecule has 0 bridgehead atoms. The molecule has 28 heavy (non-hydrogen) atoms. The molecule has 0 spiro atoms. The van der Waals surface area contributed by atoms with Gasteiger partial charge in [-0.2, -0.15) is 0 Å². The van der Waals surface area contributed by atoms with E-state index in [1.807, 2.05) is 6.07 Å². The Morgan fingerprint density at radius 3 is 1.75 bits per heavy atom. The van der Waals surface area contributed by atoms with E-state index in [2.05, 4.69) is 97.1 Å². The number of rotatable bonds is 1. The SMILES string of the molecule is c1ccc2nc(-c3cccc4c5ccccc5c5ccccc5c34)ccc2c1. The molecule has 0 atom stereocenters. The molecule has 6 aromatic rings. The van der Waals surface area contributed by atoms with Gasteiger partial charge in [0.05, 0.1) is 11.2 Å². The first-order valence-electron chi connectivity index (χ1n) is 9.58. The van der Waals surface area contributed by atoms with E-state index in [0.29, 0.717) is 0 Å². The van der Waals surface area contributed by atoms with Crippen molar-refractivity contribution < 1.29 is 0 Å². The van der Waals surface area contributed by atoms with Gasteiger partial charge in [-0.1, -0.05) is 91.0 Å². The van der Waals surface area contributed by atoms with Gasteiger partial charge in [-0.15, -0.1) is 0 Å². The predicted molar refractivity (Wildman–Crippen MR) is 120 cm³/mol. The summed E-state index contributed by atoms with van der Waals surface area (Å²) in [7, 11) is 0. The van der Waals surface area contributed by atoms with Gasteiger partial charge in [-0.05, 0) is 44.5 Å². The zero-order valence-corrected chi connectivity index (χ0v) is 15.3. The Kier molecular flexibility index (Phi) is 3.24. The molecule has 1 heterocycles. The van der Waals surface area contributed by atoms with E-state index in [0.717, 1.165) is 11.2 Å². The van der Waals surface area contributed by atoms with E-state index in [1.165, 1.54) is 43.3 Å². The zero-order chi connectivity index (χ0) is 18.5. The van der Waals surface area contributed by atoms with Gasteiger partial charge in [0.15, 0.2) is 0 Å². The van der Waals surface area contributed by atoms with Crippen molar-refractivity contribution in [3.63, 3.8) is 0 Å². The zero-order valence-electron chi connectivity index (χ0n) is 15.3. The minimum absolute atomic E-state index is 1.02. The second kappa shape index (κ2) is 5.90. The monoisotopic (exact) mass is 355 g/mol. The first-order chi connectivity index (χ1) is 13.9. The van der Waals surface area contributed by atoms with Gasteiger partial charge in [0.2, 0.25) is 0 Å². The van der Waals surface area contributed by atoms with E-state index < -0.39 is 0 Å². The third kappa shape index (κ3) is 2.17. The van der Waals surface area contributed by atoms with E-state index in [-0.39, 0.29) is 0 Å². The lowest BCUT2D eigenvalue weighted by molar-refractivity contribution is 1.41. The number of fused-ring (bicyclic) bond motifs is 7. The molecule has 0 N–H and O–H groups in total. The average molecular weight is 355 g/mol. The van der Waals surface area contributed by atoms with Crippen LogP contribution in [0.1, 0.15) is 0 Å². The van der Waals surface area contributed by atoms with Crippen LogP contribution in [0.3, 0.4) is 0 Å². The van der Waals surface area contributed by atoms with Crippen LogP contribution in [0.4, 0.5) is 0 Å². The highest BCUT2D eigenvalue weighted by molar-refractivity contribution is 6.28. The molecule has 0 saturated carbocycles. The van der Waals surface area contributed by atoms with Gasteiger partial charge >= 0.3 is 0 Å². The third-order valence-electron chi connectivity index (χ3n) is 5.64. The summed E-state index contributed by atoms with van der Waals surface area (Å²) in [4.78, 5) is 4.98. The van der Waals surface area contributed by atoms with Crippen molar-refractivity contribution in [1.82, 2.24) is 4.98 Å². The molecular formula is C27H17N. The minimum Gasteiger partial charge on any atom is -0.248 e. The maximum atomic E-state index is 4.98. The molecule has 0 fully saturated rings. The predicted octanol–water partition coefficient (Wildman–Crippen LogP) is 7.36. The summed E-state index contributed by atoms with van der Waals surface area (Å²) in [6, 6.07) is 36.6. The van der Waals surface area contributed by atoms with Crippen LogP contribution in [0, 0.1) is 0 Å². The Bertz CT molecular complexity index is 1470. The fraction of sp³-hybridized carbons (Fsp3) is 0. The molecule has 1 aromatic heterocycles. The molecule has 0 amide bonds. The molecule has 0 aliphatic rings. The van der Waals surface area contributed by atoms with Crippen LogP contribution in [0.5, 0.6) is 0 Å². The lowest BCUT2D eigenvalue weighted by Crippen LogP contribution is -1.89. The third-order valence-corrected chi connectivity index (χ3v) is 5.64. The van der Waals surface area contributed by atoms with Crippen molar-refractivity contribution in [2.75, 3.05) is 0 Å². The minimum atomic E-state index is 1.02. The van der Waals surface area contributed by atoms with Crippen molar-refractivity contribution in [2.24, 2.45) is 0 Å². The molecule has 0 aliphatic carbocycles. The molecule has 0 unspecified atom stereocenters. The van der Waals surface area contributed by atoms with Crippen LogP contribution in [0.25, 0.3) is 54.5 Å². The van der Waals surface area contributed by atoms with Crippen LogP contribution < -0.4 is 0 Å². The normalized spacial score (nSPS) is 11.6. The summed E-state index contributed by atoms with van der Waals surface area (Å²) in [6.07, 6.45) is 0. The Labute approximate surface area is 162 Å². The van der Waals surface area contributed by atoms with Gasteiger partial charge < -0.3 is 0 Å². The highest BCUT2D eigenvalue weighted by atomic mass is 14.7. The number of nitrogens with zero attached hydrogens (tertiary/aromatic N) is 1. The molecule has 1 heteroatoms. The lowest BCUT2D eigenvalue weighted by atomic mass is 9.90. The smallest absolute Gasteiger partial charge is 0.0716 e. The van der Waals surface area contributed by atoms with Crippen molar-refractivity contribution in [3.8, 4) is 11.3 Å². The van der Waals surface area contributed by atoms with Gasteiger partial charge in [0, 0.05) is 10.9 Å². The van der Waals surface area contributed by atoms with E-state index in [1.54, 1.807) is 0 Å². The van der Waals surface area contributed by atoms with Crippen LogP contribution in [0.2, 0.25) is 0 Å².